The first-order valence-electron chi connectivity index (χ1n) is 5.55. The van der Waals surface area contributed by atoms with Gasteiger partial charge in [-0.25, -0.2) is 4.79 Å². The van der Waals surface area contributed by atoms with Gasteiger partial charge in [0.15, 0.2) is 0 Å². The van der Waals surface area contributed by atoms with Gasteiger partial charge in [-0.15, -0.1) is 0 Å². The Bertz CT molecular complexity index is 266. The Hall–Kier alpha value is -1.30. The summed E-state index contributed by atoms with van der Waals surface area (Å²) < 4.78 is 4.96. The molecule has 0 radical (unpaired) electrons. The molecule has 0 aliphatic carbocycles. The van der Waals surface area contributed by atoms with E-state index in [0.717, 1.165) is 0 Å². The average Bonchev–Trinajstić information content (AvgIpc) is 2.61. The van der Waals surface area contributed by atoms with E-state index in [0.29, 0.717) is 26.2 Å². The second kappa shape index (κ2) is 5.69. The molecule has 0 aromatic carbocycles. The van der Waals surface area contributed by atoms with Crippen molar-refractivity contribution in [3.05, 3.63) is 0 Å². The Morgan fingerprint density at radius 1 is 1.56 bits per heavy atom. The van der Waals surface area contributed by atoms with Gasteiger partial charge in [-0.2, -0.15) is 0 Å². The Balaban J connectivity index is 2.48. The molecule has 1 aliphatic heterocycles. The Morgan fingerprint density at radius 3 is 2.62 bits per heavy atom. The van der Waals surface area contributed by atoms with Crippen LogP contribution < -0.4 is 5.73 Å². The summed E-state index contributed by atoms with van der Waals surface area (Å²) in [7, 11) is 0. The summed E-state index contributed by atoms with van der Waals surface area (Å²) in [5, 5.41) is 0. The van der Waals surface area contributed by atoms with Crippen molar-refractivity contribution in [3.63, 3.8) is 0 Å². The molecule has 2 amide bonds. The number of carbonyl (C=O) groups is 2. The van der Waals surface area contributed by atoms with Crippen LogP contribution in [0.5, 0.6) is 0 Å². The van der Waals surface area contributed by atoms with Crippen LogP contribution in [0.25, 0.3) is 0 Å². The highest BCUT2D eigenvalue weighted by Crippen LogP contribution is 2.10. The Morgan fingerprint density at radius 2 is 2.19 bits per heavy atom. The van der Waals surface area contributed by atoms with Crippen LogP contribution in [0.4, 0.5) is 4.79 Å². The smallest absolute Gasteiger partial charge is 0.410 e. The van der Waals surface area contributed by atoms with Crippen LogP contribution in [0, 0.1) is 0 Å². The fourth-order valence-corrected chi connectivity index (χ4v) is 1.67. The van der Waals surface area contributed by atoms with Gasteiger partial charge in [0.2, 0.25) is 5.91 Å². The maximum Gasteiger partial charge on any atom is 0.410 e. The summed E-state index contributed by atoms with van der Waals surface area (Å²) in [6, 6.07) is 0. The summed E-state index contributed by atoms with van der Waals surface area (Å²) >= 11 is 0. The number of likely N-dealkylation sites (N-methyl/N-ethyl adjacent to an activating group) is 1. The molecule has 1 heterocycles. The maximum atomic E-state index is 11.7. The number of cyclic esters (lactones) is 1. The molecule has 1 atom stereocenters. The number of ether oxygens (including phenoxy) is 1. The van der Waals surface area contributed by atoms with Crippen LogP contribution in [0.3, 0.4) is 0 Å². The van der Waals surface area contributed by atoms with Gasteiger partial charge in [0.1, 0.15) is 12.6 Å². The summed E-state index contributed by atoms with van der Waals surface area (Å²) in [6.45, 7) is 5.90. The van der Waals surface area contributed by atoms with E-state index in [1.807, 2.05) is 13.8 Å². The van der Waals surface area contributed by atoms with Crippen molar-refractivity contribution < 1.29 is 14.3 Å². The maximum absolute atomic E-state index is 11.7. The van der Waals surface area contributed by atoms with Gasteiger partial charge < -0.3 is 15.4 Å². The molecule has 1 unspecified atom stereocenters. The molecule has 92 valence electrons. The fraction of sp³-hybridized carbons (Fsp3) is 0.800. The van der Waals surface area contributed by atoms with E-state index < -0.39 is 6.09 Å². The number of carbonyl (C=O) groups excluding carboxylic acids is 2. The molecule has 1 fully saturated rings. The van der Waals surface area contributed by atoms with E-state index >= 15 is 0 Å². The van der Waals surface area contributed by atoms with Gasteiger partial charge in [-0.3, -0.25) is 9.69 Å². The number of amides is 2. The van der Waals surface area contributed by atoms with E-state index in [1.165, 1.54) is 4.90 Å². The Labute approximate surface area is 95.3 Å². The molecule has 0 aromatic rings. The minimum Gasteiger partial charge on any atom is -0.443 e. The minimum absolute atomic E-state index is 0.0559. The molecule has 0 saturated carbocycles. The van der Waals surface area contributed by atoms with Crippen LogP contribution >= 0.6 is 0 Å². The molecule has 0 bridgehead atoms. The predicted octanol–water partition coefficient (Wildman–Crippen LogP) is -0.366. The van der Waals surface area contributed by atoms with Crippen LogP contribution in [0.1, 0.15) is 13.8 Å². The van der Waals surface area contributed by atoms with Crippen molar-refractivity contribution >= 4 is 12.0 Å². The fourth-order valence-electron chi connectivity index (χ4n) is 1.67. The highest BCUT2D eigenvalue weighted by molar-refractivity contribution is 5.83. The predicted molar refractivity (Wildman–Crippen MR) is 58.8 cm³/mol. The molecule has 6 nitrogen and oxygen atoms in total. The summed E-state index contributed by atoms with van der Waals surface area (Å²) in [5.74, 6) is -0.0559. The third-order valence-corrected chi connectivity index (χ3v) is 2.65. The lowest BCUT2D eigenvalue weighted by atomic mass is 10.3. The topological polar surface area (TPSA) is 75.9 Å². The van der Waals surface area contributed by atoms with Crippen molar-refractivity contribution in [1.29, 1.82) is 0 Å². The SMILES string of the molecule is CCN(CC)C(=O)CN1CC(CN)OC1=O. The molecular formula is C10H19N3O3. The largest absolute Gasteiger partial charge is 0.443 e. The van der Waals surface area contributed by atoms with Crippen molar-refractivity contribution in [2.75, 3.05) is 32.7 Å². The number of nitrogens with zero attached hydrogens (tertiary/aromatic N) is 2. The number of hydrogen-bond donors (Lipinski definition) is 1. The second-order valence-electron chi connectivity index (χ2n) is 3.69. The van der Waals surface area contributed by atoms with Gasteiger partial charge in [0.25, 0.3) is 0 Å². The summed E-state index contributed by atoms with van der Waals surface area (Å²) in [5.41, 5.74) is 5.40. The van der Waals surface area contributed by atoms with Crippen molar-refractivity contribution in [1.82, 2.24) is 9.80 Å². The van der Waals surface area contributed by atoms with E-state index in [9.17, 15) is 9.59 Å². The highest BCUT2D eigenvalue weighted by Gasteiger charge is 2.32. The standard InChI is InChI=1S/C10H19N3O3/c1-3-12(4-2)9(14)7-13-6-8(5-11)16-10(13)15/h8H,3-7,11H2,1-2H3. The normalized spacial score (nSPS) is 19.8. The first-order chi connectivity index (χ1) is 7.62. The summed E-state index contributed by atoms with van der Waals surface area (Å²) in [4.78, 5) is 26.2. The molecule has 0 aromatic heterocycles. The van der Waals surface area contributed by atoms with E-state index in [1.54, 1.807) is 4.90 Å². The van der Waals surface area contributed by atoms with Crippen LogP contribution in [0.2, 0.25) is 0 Å². The zero-order valence-corrected chi connectivity index (χ0v) is 9.81. The summed E-state index contributed by atoms with van der Waals surface area (Å²) in [6.07, 6.45) is -0.729. The molecule has 16 heavy (non-hydrogen) atoms. The molecule has 1 rings (SSSR count). The Kier molecular flexibility index (Phi) is 4.54. The monoisotopic (exact) mass is 229 g/mol. The zero-order chi connectivity index (χ0) is 12.1. The first-order valence-corrected chi connectivity index (χ1v) is 5.55. The molecule has 1 saturated heterocycles. The lowest BCUT2D eigenvalue weighted by molar-refractivity contribution is -0.131. The average molecular weight is 229 g/mol. The molecule has 2 N–H and O–H groups in total. The van der Waals surface area contributed by atoms with Crippen LogP contribution in [-0.4, -0.2) is 60.6 Å². The third-order valence-electron chi connectivity index (χ3n) is 2.65. The van der Waals surface area contributed by atoms with Gasteiger partial charge >= 0.3 is 6.09 Å². The molecule has 1 aliphatic rings. The lowest BCUT2D eigenvalue weighted by Gasteiger charge is -2.21. The quantitative estimate of drug-likeness (QED) is 0.698. The minimum atomic E-state index is -0.448. The van der Waals surface area contributed by atoms with Gasteiger partial charge in [-0.1, -0.05) is 0 Å². The molecule has 6 heteroatoms. The van der Waals surface area contributed by atoms with Crippen molar-refractivity contribution in [2.45, 2.75) is 20.0 Å². The van der Waals surface area contributed by atoms with Gasteiger partial charge in [0, 0.05) is 19.6 Å². The van der Waals surface area contributed by atoms with E-state index in [4.69, 9.17) is 10.5 Å². The molecular weight excluding hydrogens is 210 g/mol. The van der Waals surface area contributed by atoms with Gasteiger partial charge in [0.05, 0.1) is 6.54 Å². The number of hydrogen-bond acceptors (Lipinski definition) is 4. The van der Waals surface area contributed by atoms with E-state index in [-0.39, 0.29) is 18.6 Å². The van der Waals surface area contributed by atoms with Gasteiger partial charge in [-0.05, 0) is 13.8 Å². The van der Waals surface area contributed by atoms with E-state index in [2.05, 4.69) is 0 Å². The number of nitrogens with two attached hydrogens (primary N) is 1. The first kappa shape index (κ1) is 12.8. The van der Waals surface area contributed by atoms with Crippen molar-refractivity contribution in [2.24, 2.45) is 5.73 Å². The highest BCUT2D eigenvalue weighted by atomic mass is 16.6. The van der Waals surface area contributed by atoms with Crippen molar-refractivity contribution in [3.8, 4) is 0 Å². The number of rotatable bonds is 5. The molecule has 0 spiro atoms. The lowest BCUT2D eigenvalue weighted by Crippen LogP contribution is -2.41. The van der Waals surface area contributed by atoms with Crippen LogP contribution in [0.15, 0.2) is 0 Å². The zero-order valence-electron chi connectivity index (χ0n) is 9.81. The van der Waals surface area contributed by atoms with Crippen LogP contribution in [-0.2, 0) is 9.53 Å². The second-order valence-corrected chi connectivity index (χ2v) is 3.69. The third kappa shape index (κ3) is 2.85.